The second-order valence-corrected chi connectivity index (χ2v) is 6.57. The van der Waals surface area contributed by atoms with Crippen molar-refractivity contribution in [3.05, 3.63) is 35.9 Å². The molecule has 1 saturated heterocycles. The van der Waals surface area contributed by atoms with Crippen LogP contribution in [0.2, 0.25) is 0 Å². The van der Waals surface area contributed by atoms with Crippen molar-refractivity contribution in [2.24, 2.45) is 5.92 Å². The Labute approximate surface area is 129 Å². The van der Waals surface area contributed by atoms with Gasteiger partial charge in [0.1, 0.15) is 0 Å². The largest absolute Gasteiger partial charge is 0.387 e. The molecule has 0 aliphatic carbocycles. The van der Waals surface area contributed by atoms with Gasteiger partial charge in [-0.1, -0.05) is 37.3 Å². The molecule has 1 aromatic rings. The van der Waals surface area contributed by atoms with Crippen LogP contribution in [0.25, 0.3) is 0 Å². The topological polar surface area (TPSA) is 26.7 Å². The van der Waals surface area contributed by atoms with E-state index in [2.05, 4.69) is 30.8 Å². The molecular weight excluding hydrogens is 260 g/mol. The number of rotatable bonds is 6. The van der Waals surface area contributed by atoms with Crippen molar-refractivity contribution in [1.29, 1.82) is 0 Å². The molecule has 1 heterocycles. The van der Waals surface area contributed by atoms with Crippen LogP contribution in [-0.4, -0.2) is 54.7 Å². The normalized spacial score (nSPS) is 20.6. The van der Waals surface area contributed by atoms with Crippen LogP contribution in [-0.2, 0) is 0 Å². The van der Waals surface area contributed by atoms with E-state index in [4.69, 9.17) is 0 Å². The molecule has 0 radical (unpaired) electrons. The fourth-order valence-corrected chi connectivity index (χ4v) is 3.54. The Hall–Kier alpha value is -0.900. The number of hydrogen-bond donors (Lipinski definition) is 1. The van der Waals surface area contributed by atoms with E-state index in [-0.39, 0.29) is 12.1 Å². The van der Waals surface area contributed by atoms with Gasteiger partial charge in [0.2, 0.25) is 0 Å². The number of benzene rings is 1. The van der Waals surface area contributed by atoms with Crippen LogP contribution in [0.1, 0.15) is 37.9 Å². The van der Waals surface area contributed by atoms with E-state index < -0.39 is 0 Å². The van der Waals surface area contributed by atoms with Crippen LogP contribution in [0.5, 0.6) is 0 Å². The molecule has 0 bridgehead atoms. The molecule has 0 amide bonds. The highest BCUT2D eigenvalue weighted by Gasteiger charge is 2.29. The highest BCUT2D eigenvalue weighted by Crippen LogP contribution is 2.27. The number of hydrogen-bond acceptors (Lipinski definition) is 3. The summed E-state index contributed by atoms with van der Waals surface area (Å²) in [6.45, 7) is 5.59. The summed E-state index contributed by atoms with van der Waals surface area (Å²) >= 11 is 0. The maximum atomic E-state index is 10.7. The summed E-state index contributed by atoms with van der Waals surface area (Å²) in [4.78, 5) is 4.78. The van der Waals surface area contributed by atoms with Crippen molar-refractivity contribution in [1.82, 2.24) is 9.80 Å². The first kappa shape index (κ1) is 16.5. The van der Waals surface area contributed by atoms with Crippen molar-refractivity contribution in [3.63, 3.8) is 0 Å². The van der Waals surface area contributed by atoms with Crippen LogP contribution >= 0.6 is 0 Å². The van der Waals surface area contributed by atoms with E-state index >= 15 is 0 Å². The molecule has 0 aromatic heterocycles. The van der Waals surface area contributed by atoms with Crippen LogP contribution in [0.4, 0.5) is 0 Å². The molecule has 2 rings (SSSR count). The van der Waals surface area contributed by atoms with E-state index in [1.165, 1.54) is 19.4 Å². The summed E-state index contributed by atoms with van der Waals surface area (Å²) in [7, 11) is 4.31. The average molecular weight is 290 g/mol. The van der Waals surface area contributed by atoms with Crippen LogP contribution < -0.4 is 0 Å². The third-order valence-electron chi connectivity index (χ3n) is 4.67. The average Bonchev–Trinajstić information content (AvgIpc) is 2.50. The molecule has 1 fully saturated rings. The Morgan fingerprint density at radius 2 is 1.81 bits per heavy atom. The molecule has 0 spiro atoms. The molecule has 2 atom stereocenters. The molecule has 1 aliphatic rings. The molecule has 21 heavy (non-hydrogen) atoms. The molecule has 3 nitrogen and oxygen atoms in total. The van der Waals surface area contributed by atoms with Crippen LogP contribution in [0.3, 0.4) is 0 Å². The Bertz CT molecular complexity index is 399. The van der Waals surface area contributed by atoms with Gasteiger partial charge in [-0.05, 0) is 57.9 Å². The second-order valence-electron chi connectivity index (χ2n) is 6.57. The summed E-state index contributed by atoms with van der Waals surface area (Å²) in [5, 5.41) is 10.7. The summed E-state index contributed by atoms with van der Waals surface area (Å²) in [5.74, 6) is 0.808. The van der Waals surface area contributed by atoms with Gasteiger partial charge in [0.15, 0.2) is 0 Å². The molecule has 118 valence electrons. The fraction of sp³-hybridized carbons (Fsp3) is 0.667. The van der Waals surface area contributed by atoms with Gasteiger partial charge in [0.25, 0.3) is 0 Å². The van der Waals surface area contributed by atoms with E-state index in [0.717, 1.165) is 31.0 Å². The van der Waals surface area contributed by atoms with Crippen molar-refractivity contribution in [3.8, 4) is 0 Å². The summed E-state index contributed by atoms with van der Waals surface area (Å²) in [6.07, 6.45) is 3.11. The van der Waals surface area contributed by atoms with Gasteiger partial charge in [-0.2, -0.15) is 0 Å². The van der Waals surface area contributed by atoms with Gasteiger partial charge < -0.3 is 10.0 Å². The summed E-state index contributed by atoms with van der Waals surface area (Å²) in [6, 6.07) is 10.3. The zero-order valence-electron chi connectivity index (χ0n) is 13.7. The molecule has 2 unspecified atom stereocenters. The Morgan fingerprint density at radius 3 is 2.33 bits per heavy atom. The van der Waals surface area contributed by atoms with Crippen LogP contribution in [0, 0.1) is 5.92 Å². The molecule has 1 aromatic carbocycles. The fourth-order valence-electron chi connectivity index (χ4n) is 3.54. The van der Waals surface area contributed by atoms with Gasteiger partial charge in [0, 0.05) is 12.6 Å². The maximum absolute atomic E-state index is 10.7. The van der Waals surface area contributed by atoms with E-state index in [0.29, 0.717) is 0 Å². The van der Waals surface area contributed by atoms with Gasteiger partial charge >= 0.3 is 0 Å². The molecular formula is C18H30N2O. The van der Waals surface area contributed by atoms with Gasteiger partial charge in [0.05, 0.1) is 6.10 Å². The Morgan fingerprint density at radius 1 is 1.19 bits per heavy atom. The second kappa shape index (κ2) is 7.92. The first-order valence-electron chi connectivity index (χ1n) is 8.23. The first-order chi connectivity index (χ1) is 10.1. The van der Waals surface area contributed by atoms with Crippen molar-refractivity contribution in [2.75, 3.05) is 33.7 Å². The monoisotopic (exact) mass is 290 g/mol. The van der Waals surface area contributed by atoms with Gasteiger partial charge in [-0.3, -0.25) is 4.90 Å². The minimum Gasteiger partial charge on any atom is -0.387 e. The number of aliphatic hydroxyl groups is 1. The number of aliphatic hydroxyl groups excluding tert-OH is 1. The zero-order chi connectivity index (χ0) is 15.2. The first-order valence-corrected chi connectivity index (χ1v) is 8.23. The highest BCUT2D eigenvalue weighted by atomic mass is 16.3. The Balaban J connectivity index is 1.93. The van der Waals surface area contributed by atoms with Gasteiger partial charge in [-0.15, -0.1) is 0 Å². The number of likely N-dealkylation sites (tertiary alicyclic amines) is 1. The molecule has 1 N–H and O–H groups in total. The lowest BCUT2D eigenvalue weighted by molar-refractivity contribution is 0.0236. The standard InChI is InChI=1S/C18H30N2O/c1-4-17(18(21)16-8-6-5-7-9-16)20-12-10-15(11-13-20)14-19(2)3/h5-9,15,17-18,21H,4,10-14H2,1-3H3. The predicted molar refractivity (Wildman–Crippen MR) is 88.3 cm³/mol. The molecule has 1 aliphatic heterocycles. The lowest BCUT2D eigenvalue weighted by Crippen LogP contribution is -2.45. The third-order valence-corrected chi connectivity index (χ3v) is 4.67. The lowest BCUT2D eigenvalue weighted by atomic mass is 9.92. The van der Waals surface area contributed by atoms with E-state index in [1.807, 2.05) is 30.3 Å². The SMILES string of the molecule is CCC(C(O)c1ccccc1)N1CCC(CN(C)C)CC1. The van der Waals surface area contributed by atoms with E-state index in [1.54, 1.807) is 0 Å². The minimum absolute atomic E-state index is 0.243. The molecule has 0 saturated carbocycles. The smallest absolute Gasteiger partial charge is 0.0945 e. The summed E-state index contributed by atoms with van der Waals surface area (Å²) in [5.41, 5.74) is 1.04. The number of piperidine rings is 1. The zero-order valence-corrected chi connectivity index (χ0v) is 13.7. The minimum atomic E-state index is -0.374. The maximum Gasteiger partial charge on any atom is 0.0945 e. The predicted octanol–water partition coefficient (Wildman–Crippen LogP) is 2.77. The number of nitrogens with zero attached hydrogens (tertiary/aromatic N) is 2. The van der Waals surface area contributed by atoms with Gasteiger partial charge in [-0.25, -0.2) is 0 Å². The highest BCUT2D eigenvalue weighted by molar-refractivity contribution is 5.19. The van der Waals surface area contributed by atoms with Crippen molar-refractivity contribution < 1.29 is 5.11 Å². The van der Waals surface area contributed by atoms with Crippen molar-refractivity contribution in [2.45, 2.75) is 38.3 Å². The van der Waals surface area contributed by atoms with Crippen molar-refractivity contribution >= 4 is 0 Å². The van der Waals surface area contributed by atoms with E-state index in [9.17, 15) is 5.11 Å². The third kappa shape index (κ3) is 4.53. The quantitative estimate of drug-likeness (QED) is 0.873. The molecule has 3 heteroatoms. The van der Waals surface area contributed by atoms with Crippen LogP contribution in [0.15, 0.2) is 30.3 Å². The Kier molecular flexibility index (Phi) is 6.22. The summed E-state index contributed by atoms with van der Waals surface area (Å²) < 4.78 is 0. The lowest BCUT2D eigenvalue weighted by Gasteiger charge is -2.40.